The second-order valence-corrected chi connectivity index (χ2v) is 6.21. The Hall–Kier alpha value is 0.500. The fraction of sp³-hybridized carbons (Fsp3) is 1.00. The Morgan fingerprint density at radius 3 is 1.38 bits per heavy atom. The first-order valence-electron chi connectivity index (χ1n) is 5.82. The van der Waals surface area contributed by atoms with Gasteiger partial charge in [-0.25, -0.2) is 0 Å². The van der Waals surface area contributed by atoms with E-state index in [1.54, 1.807) is 0 Å². The summed E-state index contributed by atoms with van der Waals surface area (Å²) in [6, 6.07) is 0. The van der Waals surface area contributed by atoms with Gasteiger partial charge in [0.15, 0.2) is 0 Å². The molecule has 0 aromatic rings. The Bertz CT molecular complexity index is 145. The van der Waals surface area contributed by atoms with E-state index in [4.69, 9.17) is 0 Å². The predicted octanol–water partition coefficient (Wildman–Crippen LogP) is -3.69. The van der Waals surface area contributed by atoms with Gasteiger partial charge in [0.1, 0.15) is 0 Å². The van der Waals surface area contributed by atoms with Gasteiger partial charge in [0.05, 0.1) is 48.7 Å². The third kappa shape index (κ3) is 8.63. The first-order valence-corrected chi connectivity index (χ1v) is 5.82. The van der Waals surface area contributed by atoms with Crippen LogP contribution in [0.1, 0.15) is 32.6 Å². The van der Waals surface area contributed by atoms with Gasteiger partial charge in [-0.2, -0.15) is 0 Å². The highest BCUT2D eigenvalue weighted by Crippen LogP contribution is 2.18. The zero-order chi connectivity index (χ0) is 11.4. The van der Waals surface area contributed by atoms with Gasteiger partial charge in [0.2, 0.25) is 6.17 Å². The highest BCUT2D eigenvalue weighted by atomic mass is 35.5. The van der Waals surface area contributed by atoms with Crippen LogP contribution in [-0.2, 0) is 0 Å². The molecule has 0 amide bonds. The molecule has 0 aliphatic heterocycles. The summed E-state index contributed by atoms with van der Waals surface area (Å²) in [6.45, 7) is 2.27. The lowest BCUT2D eigenvalue weighted by Crippen LogP contribution is -3.00. The summed E-state index contributed by atoms with van der Waals surface area (Å²) >= 11 is 0. The maximum Gasteiger partial charge on any atom is 0.215 e. The smallest absolute Gasteiger partial charge is 0.215 e. The number of rotatable bonds is 6. The van der Waals surface area contributed by atoms with E-state index >= 15 is 0 Å². The second kappa shape index (κ2) is 8.57. The largest absolute Gasteiger partial charge is 1.00 e. The Balaban J connectivity index is -0.000000845. The van der Waals surface area contributed by atoms with Crippen LogP contribution in [0.4, 0.5) is 0 Å². The van der Waals surface area contributed by atoms with Crippen molar-refractivity contribution < 1.29 is 33.8 Å². The molecule has 102 valence electrons. The van der Waals surface area contributed by atoms with Crippen molar-refractivity contribution in [1.82, 2.24) is 0 Å². The Morgan fingerprint density at radius 2 is 1.12 bits per heavy atom. The number of nitrogens with zero attached hydrogens (tertiary/aromatic N) is 2. The van der Waals surface area contributed by atoms with Crippen molar-refractivity contribution in [2.24, 2.45) is 0 Å². The van der Waals surface area contributed by atoms with Gasteiger partial charge < -0.3 is 24.8 Å². The number of quaternary nitrogens is 2. The highest BCUT2D eigenvalue weighted by molar-refractivity contribution is 4.47. The molecule has 0 aliphatic rings. The summed E-state index contributed by atoms with van der Waals surface area (Å²) in [5.41, 5.74) is 0. The molecule has 0 atom stereocenters. The third-order valence-electron chi connectivity index (χ3n) is 2.85. The summed E-state index contributed by atoms with van der Waals surface area (Å²) in [7, 11) is 13.8. The molecule has 0 spiro atoms. The van der Waals surface area contributed by atoms with E-state index in [1.165, 1.54) is 25.7 Å². The van der Waals surface area contributed by atoms with E-state index in [-0.39, 0.29) is 24.8 Å². The minimum atomic E-state index is 0. The summed E-state index contributed by atoms with van der Waals surface area (Å²) in [5, 5.41) is 0. The number of halogens is 2. The monoisotopic (exact) mass is 272 g/mol. The first kappa shape index (κ1) is 21.8. The molecule has 0 aliphatic carbocycles. The van der Waals surface area contributed by atoms with Crippen LogP contribution in [0, 0.1) is 0 Å². The van der Waals surface area contributed by atoms with Gasteiger partial charge in [0.25, 0.3) is 0 Å². The molecule has 0 unspecified atom stereocenters. The van der Waals surface area contributed by atoms with Crippen molar-refractivity contribution in [3.63, 3.8) is 0 Å². The molecule has 0 radical (unpaired) electrons. The van der Waals surface area contributed by atoms with Gasteiger partial charge in [-0.3, -0.25) is 8.97 Å². The van der Waals surface area contributed by atoms with Crippen molar-refractivity contribution in [3.05, 3.63) is 0 Å². The summed E-state index contributed by atoms with van der Waals surface area (Å²) in [5.74, 6) is 0. The molecule has 0 rings (SSSR count). The SMILES string of the molecule is CCCCCC([N+](C)(C)C)[N+](C)(C)C.[Cl-].[Cl-]. The van der Waals surface area contributed by atoms with E-state index in [0.717, 1.165) is 8.97 Å². The van der Waals surface area contributed by atoms with Crippen LogP contribution in [0.2, 0.25) is 0 Å². The fourth-order valence-corrected chi connectivity index (χ4v) is 2.39. The Kier molecular flexibility index (Phi) is 11.7. The Morgan fingerprint density at radius 1 is 0.750 bits per heavy atom. The molecule has 0 aromatic heterocycles. The summed E-state index contributed by atoms with van der Waals surface area (Å²) < 4.78 is 2.13. The second-order valence-electron chi connectivity index (χ2n) is 6.21. The fourth-order valence-electron chi connectivity index (χ4n) is 2.39. The van der Waals surface area contributed by atoms with Crippen LogP contribution >= 0.6 is 0 Å². The molecule has 4 heteroatoms. The number of unbranched alkanes of at least 4 members (excludes halogenated alkanes) is 2. The first-order chi connectivity index (χ1) is 6.19. The number of hydrogen-bond acceptors (Lipinski definition) is 0. The van der Waals surface area contributed by atoms with Crippen molar-refractivity contribution in [2.75, 3.05) is 42.3 Å². The van der Waals surface area contributed by atoms with Crippen molar-refractivity contribution >= 4 is 0 Å². The molecule has 0 heterocycles. The topological polar surface area (TPSA) is 0 Å². The predicted molar refractivity (Wildman–Crippen MR) is 64.0 cm³/mol. The summed E-state index contributed by atoms with van der Waals surface area (Å²) in [4.78, 5) is 0. The van der Waals surface area contributed by atoms with E-state index < -0.39 is 0 Å². The highest BCUT2D eigenvalue weighted by Gasteiger charge is 2.34. The van der Waals surface area contributed by atoms with E-state index in [2.05, 4.69) is 49.2 Å². The van der Waals surface area contributed by atoms with E-state index in [0.29, 0.717) is 6.17 Å². The van der Waals surface area contributed by atoms with Gasteiger partial charge >= 0.3 is 0 Å². The normalized spacial score (nSPS) is 12.0. The zero-order valence-electron chi connectivity index (χ0n) is 12.1. The number of hydrogen-bond donors (Lipinski definition) is 0. The lowest BCUT2D eigenvalue weighted by atomic mass is 10.1. The van der Waals surface area contributed by atoms with Crippen LogP contribution in [0.15, 0.2) is 0 Å². The quantitative estimate of drug-likeness (QED) is 0.266. The molecule has 0 bridgehead atoms. The van der Waals surface area contributed by atoms with Gasteiger partial charge in [-0.1, -0.05) is 19.8 Å². The zero-order valence-corrected chi connectivity index (χ0v) is 13.6. The lowest BCUT2D eigenvalue weighted by Gasteiger charge is -2.42. The maximum absolute atomic E-state index is 2.31. The third-order valence-corrected chi connectivity index (χ3v) is 2.85. The van der Waals surface area contributed by atoms with Crippen LogP contribution in [-0.4, -0.2) is 57.4 Å². The molecule has 0 N–H and O–H groups in total. The minimum Gasteiger partial charge on any atom is -1.00 e. The van der Waals surface area contributed by atoms with Crippen LogP contribution in [0.5, 0.6) is 0 Å². The lowest BCUT2D eigenvalue weighted by molar-refractivity contribution is -1.09. The van der Waals surface area contributed by atoms with Gasteiger partial charge in [-0.15, -0.1) is 0 Å². The van der Waals surface area contributed by atoms with Crippen molar-refractivity contribution in [2.45, 2.75) is 38.8 Å². The molecular formula is C12H30Cl2N2. The molecule has 0 saturated carbocycles. The standard InChI is InChI=1S/C12H30N2.2ClH/c1-8-9-10-11-12(13(2,3)4)14(5,6)7;;/h12H,8-11H2,1-7H3;2*1H/q+2;;/p-2. The van der Waals surface area contributed by atoms with Crippen molar-refractivity contribution in [1.29, 1.82) is 0 Å². The van der Waals surface area contributed by atoms with Crippen molar-refractivity contribution in [3.8, 4) is 0 Å². The van der Waals surface area contributed by atoms with E-state index in [9.17, 15) is 0 Å². The average Bonchev–Trinajstić information content (AvgIpc) is 1.92. The molecule has 0 fully saturated rings. The Labute approximate surface area is 115 Å². The molecule has 2 nitrogen and oxygen atoms in total. The van der Waals surface area contributed by atoms with Gasteiger partial charge in [-0.05, 0) is 6.42 Å². The summed E-state index contributed by atoms with van der Waals surface area (Å²) in [6.07, 6.45) is 6.10. The van der Waals surface area contributed by atoms with Crippen LogP contribution in [0.25, 0.3) is 0 Å². The van der Waals surface area contributed by atoms with Gasteiger partial charge in [0, 0.05) is 0 Å². The molecule has 0 saturated heterocycles. The average molecular weight is 273 g/mol. The minimum absolute atomic E-state index is 0. The van der Waals surface area contributed by atoms with Crippen LogP contribution in [0.3, 0.4) is 0 Å². The van der Waals surface area contributed by atoms with E-state index in [1.807, 2.05) is 0 Å². The van der Waals surface area contributed by atoms with Crippen LogP contribution < -0.4 is 24.8 Å². The molecule has 0 aromatic carbocycles. The molecule has 16 heavy (non-hydrogen) atoms. The molecular weight excluding hydrogens is 243 g/mol. The maximum atomic E-state index is 2.31.